The van der Waals surface area contributed by atoms with E-state index in [1.165, 1.54) is 25.0 Å². The van der Waals surface area contributed by atoms with E-state index in [9.17, 15) is 4.79 Å². The van der Waals surface area contributed by atoms with Gasteiger partial charge in [0.2, 0.25) is 5.91 Å². The molecule has 1 fully saturated rings. The molecule has 2 unspecified atom stereocenters. The van der Waals surface area contributed by atoms with Gasteiger partial charge in [0.15, 0.2) is 0 Å². The molecule has 1 aliphatic rings. The average molecular weight is 171 g/mol. The van der Waals surface area contributed by atoms with Gasteiger partial charge in [-0.2, -0.15) is 0 Å². The predicted octanol–water partition coefficient (Wildman–Crippen LogP) is 1.44. The van der Waals surface area contributed by atoms with Crippen molar-refractivity contribution in [3.05, 3.63) is 0 Å². The van der Waals surface area contributed by atoms with Gasteiger partial charge in [-0.05, 0) is 18.3 Å². The Hall–Kier alpha value is -0.570. The third-order valence-corrected chi connectivity index (χ3v) is 2.86. The molecule has 1 aliphatic carbocycles. The first-order valence-electron chi connectivity index (χ1n) is 4.45. The van der Waals surface area contributed by atoms with Gasteiger partial charge < -0.3 is 0 Å². The number of nitrogens with zero attached hydrogens (tertiary/aromatic N) is 1. The molecule has 0 aromatic heterocycles. The Morgan fingerprint density at radius 3 is 2.58 bits per heavy atom. The first-order valence-corrected chi connectivity index (χ1v) is 4.45. The molecule has 0 heterocycles. The van der Waals surface area contributed by atoms with E-state index in [1.807, 2.05) is 0 Å². The molecule has 0 N–H and O–H groups in total. The van der Waals surface area contributed by atoms with Crippen molar-refractivity contribution in [3.63, 3.8) is 0 Å². The predicted molar refractivity (Wildman–Crippen MR) is 46.3 cm³/mol. The van der Waals surface area contributed by atoms with Gasteiger partial charge in [-0.15, -0.1) is 0 Å². The SMILES string of the molecule is CON(C)C(=O)CC1CCC1C. The molecule has 0 spiro atoms. The Labute approximate surface area is 73.6 Å². The highest BCUT2D eigenvalue weighted by molar-refractivity contribution is 5.75. The molecule has 0 bridgehead atoms. The van der Waals surface area contributed by atoms with Gasteiger partial charge in [0.1, 0.15) is 0 Å². The largest absolute Gasteiger partial charge is 0.275 e. The monoisotopic (exact) mass is 171 g/mol. The zero-order valence-corrected chi connectivity index (χ0v) is 8.04. The van der Waals surface area contributed by atoms with Crippen molar-refractivity contribution in [2.24, 2.45) is 11.8 Å². The second-order valence-electron chi connectivity index (χ2n) is 3.59. The van der Waals surface area contributed by atoms with Crippen LogP contribution >= 0.6 is 0 Å². The number of carbonyl (C=O) groups is 1. The van der Waals surface area contributed by atoms with Crippen LogP contribution < -0.4 is 0 Å². The molecule has 0 aliphatic heterocycles. The molecule has 2 atom stereocenters. The fourth-order valence-corrected chi connectivity index (χ4v) is 1.49. The maximum absolute atomic E-state index is 11.3. The Bertz CT molecular complexity index is 170. The van der Waals surface area contributed by atoms with Crippen LogP contribution in [0.4, 0.5) is 0 Å². The minimum atomic E-state index is 0.0917. The van der Waals surface area contributed by atoms with Crippen molar-refractivity contribution < 1.29 is 9.63 Å². The van der Waals surface area contributed by atoms with E-state index in [4.69, 9.17) is 4.84 Å². The summed E-state index contributed by atoms with van der Waals surface area (Å²) < 4.78 is 0. The molecule has 0 radical (unpaired) electrons. The van der Waals surface area contributed by atoms with Crippen molar-refractivity contribution >= 4 is 5.91 Å². The Balaban J connectivity index is 2.26. The Kier molecular flexibility index (Phi) is 3.09. The van der Waals surface area contributed by atoms with Crippen LogP contribution in [0.5, 0.6) is 0 Å². The van der Waals surface area contributed by atoms with Crippen LogP contribution in [0.15, 0.2) is 0 Å². The fraction of sp³-hybridized carbons (Fsp3) is 0.889. The second-order valence-corrected chi connectivity index (χ2v) is 3.59. The minimum Gasteiger partial charge on any atom is -0.275 e. The van der Waals surface area contributed by atoms with Crippen molar-refractivity contribution in [2.75, 3.05) is 14.2 Å². The van der Waals surface area contributed by atoms with Gasteiger partial charge >= 0.3 is 0 Å². The van der Waals surface area contributed by atoms with Crippen LogP contribution in [0.1, 0.15) is 26.2 Å². The van der Waals surface area contributed by atoms with Crippen molar-refractivity contribution in [1.82, 2.24) is 5.06 Å². The molecular formula is C9H17NO2. The van der Waals surface area contributed by atoms with Crippen LogP contribution in [-0.4, -0.2) is 25.1 Å². The molecule has 1 amide bonds. The van der Waals surface area contributed by atoms with E-state index in [2.05, 4.69) is 6.92 Å². The molecule has 0 saturated heterocycles. The number of carbonyl (C=O) groups excluding carboxylic acids is 1. The smallest absolute Gasteiger partial charge is 0.246 e. The quantitative estimate of drug-likeness (QED) is 0.601. The summed E-state index contributed by atoms with van der Waals surface area (Å²) in [6.45, 7) is 2.20. The van der Waals surface area contributed by atoms with E-state index >= 15 is 0 Å². The van der Waals surface area contributed by atoms with Gasteiger partial charge in [-0.1, -0.05) is 13.3 Å². The maximum atomic E-state index is 11.3. The van der Waals surface area contributed by atoms with Crippen LogP contribution in [-0.2, 0) is 9.63 Å². The number of hydrogen-bond donors (Lipinski definition) is 0. The lowest BCUT2D eigenvalue weighted by Gasteiger charge is -2.33. The number of rotatable bonds is 3. The van der Waals surface area contributed by atoms with E-state index in [1.54, 1.807) is 7.05 Å². The third kappa shape index (κ3) is 1.97. The topological polar surface area (TPSA) is 29.5 Å². The summed E-state index contributed by atoms with van der Waals surface area (Å²) in [5.74, 6) is 1.41. The lowest BCUT2D eigenvalue weighted by atomic mass is 9.73. The highest BCUT2D eigenvalue weighted by atomic mass is 16.7. The first kappa shape index (κ1) is 9.52. The standard InChI is InChI=1S/C9H17NO2/c1-7-4-5-8(7)6-9(11)10(2)12-3/h7-8H,4-6H2,1-3H3. The lowest BCUT2D eigenvalue weighted by molar-refractivity contribution is -0.170. The van der Waals surface area contributed by atoms with Crippen LogP contribution in [0.2, 0.25) is 0 Å². The number of hydroxylamine groups is 2. The van der Waals surface area contributed by atoms with Gasteiger partial charge in [0, 0.05) is 13.5 Å². The van der Waals surface area contributed by atoms with Crippen LogP contribution in [0.3, 0.4) is 0 Å². The summed E-state index contributed by atoms with van der Waals surface area (Å²) in [6, 6.07) is 0. The lowest BCUT2D eigenvalue weighted by Crippen LogP contribution is -2.32. The van der Waals surface area contributed by atoms with Gasteiger partial charge in [-0.25, -0.2) is 5.06 Å². The summed E-state index contributed by atoms with van der Waals surface area (Å²) in [5, 5.41) is 1.31. The molecule has 1 rings (SSSR count). The van der Waals surface area contributed by atoms with E-state index in [0.29, 0.717) is 12.3 Å². The van der Waals surface area contributed by atoms with Gasteiger partial charge in [-0.3, -0.25) is 9.63 Å². The normalized spacial score (nSPS) is 27.9. The van der Waals surface area contributed by atoms with Crippen molar-refractivity contribution in [1.29, 1.82) is 0 Å². The molecule has 12 heavy (non-hydrogen) atoms. The fourth-order valence-electron chi connectivity index (χ4n) is 1.49. The van der Waals surface area contributed by atoms with Crippen LogP contribution in [0.25, 0.3) is 0 Å². The van der Waals surface area contributed by atoms with Crippen LogP contribution in [0, 0.1) is 11.8 Å². The van der Waals surface area contributed by atoms with E-state index in [0.717, 1.165) is 5.92 Å². The molecule has 70 valence electrons. The highest BCUT2D eigenvalue weighted by Crippen LogP contribution is 2.36. The number of amides is 1. The molecule has 0 aromatic rings. The van der Waals surface area contributed by atoms with E-state index < -0.39 is 0 Å². The molecule has 1 saturated carbocycles. The van der Waals surface area contributed by atoms with Crippen molar-refractivity contribution in [3.8, 4) is 0 Å². The zero-order chi connectivity index (χ0) is 9.14. The summed E-state index contributed by atoms with van der Waals surface area (Å²) in [7, 11) is 3.17. The molecular weight excluding hydrogens is 154 g/mol. The first-order chi connectivity index (χ1) is 5.65. The third-order valence-electron chi connectivity index (χ3n) is 2.86. The van der Waals surface area contributed by atoms with E-state index in [-0.39, 0.29) is 5.91 Å². The minimum absolute atomic E-state index is 0.0917. The highest BCUT2D eigenvalue weighted by Gasteiger charge is 2.29. The van der Waals surface area contributed by atoms with Gasteiger partial charge in [0.25, 0.3) is 0 Å². The summed E-state index contributed by atoms with van der Waals surface area (Å²) in [4.78, 5) is 16.1. The Morgan fingerprint density at radius 1 is 1.58 bits per heavy atom. The second kappa shape index (κ2) is 3.90. The summed E-state index contributed by atoms with van der Waals surface area (Å²) >= 11 is 0. The van der Waals surface area contributed by atoms with Gasteiger partial charge in [0.05, 0.1) is 7.11 Å². The average Bonchev–Trinajstić information content (AvgIpc) is 2.09. The molecule has 0 aromatic carbocycles. The molecule has 3 heteroatoms. The number of hydrogen-bond acceptors (Lipinski definition) is 2. The maximum Gasteiger partial charge on any atom is 0.246 e. The van der Waals surface area contributed by atoms with Crippen molar-refractivity contribution in [2.45, 2.75) is 26.2 Å². The summed E-state index contributed by atoms with van der Waals surface area (Å²) in [5.41, 5.74) is 0. The molecule has 3 nitrogen and oxygen atoms in total. The summed E-state index contributed by atoms with van der Waals surface area (Å²) in [6.07, 6.45) is 3.12. The Morgan fingerprint density at radius 2 is 2.25 bits per heavy atom. The zero-order valence-electron chi connectivity index (χ0n) is 8.04.